The van der Waals surface area contributed by atoms with Gasteiger partial charge in [0.25, 0.3) is 0 Å². The maximum absolute atomic E-state index is 12.9. The number of hydrogen-bond acceptors (Lipinski definition) is 4. The number of nitrogens with zero attached hydrogens (tertiary/aromatic N) is 1. The molecule has 1 aliphatic carbocycles. The van der Waals surface area contributed by atoms with Crippen LogP contribution in [-0.2, 0) is 11.3 Å². The van der Waals surface area contributed by atoms with Gasteiger partial charge < -0.3 is 14.8 Å². The first-order valence-electron chi connectivity index (χ1n) is 9.80. The molecular weight excluding hydrogens is 340 g/mol. The van der Waals surface area contributed by atoms with Crippen molar-refractivity contribution in [2.24, 2.45) is 0 Å². The van der Waals surface area contributed by atoms with Crippen molar-refractivity contribution in [1.29, 1.82) is 0 Å². The predicted octanol–water partition coefficient (Wildman–Crippen LogP) is 3.90. The lowest BCUT2D eigenvalue weighted by atomic mass is 10.1. The van der Waals surface area contributed by atoms with Crippen molar-refractivity contribution in [3.8, 4) is 11.5 Å². The van der Waals surface area contributed by atoms with Crippen molar-refractivity contribution in [2.45, 2.75) is 44.2 Å². The van der Waals surface area contributed by atoms with Gasteiger partial charge in [-0.05, 0) is 61.9 Å². The normalized spacial score (nSPS) is 21.4. The molecule has 3 aliphatic rings. The summed E-state index contributed by atoms with van der Waals surface area (Å²) in [5.74, 6) is 2.43. The Labute approximate surface area is 159 Å². The minimum absolute atomic E-state index is 0.0800. The van der Waals surface area contributed by atoms with Gasteiger partial charge in [0.1, 0.15) is 0 Å². The molecule has 5 heteroatoms. The number of carbonyl (C=O) groups is 1. The molecule has 2 aliphatic heterocycles. The van der Waals surface area contributed by atoms with Crippen LogP contribution in [0.1, 0.15) is 42.7 Å². The van der Waals surface area contributed by atoms with Crippen LogP contribution in [-0.4, -0.2) is 30.2 Å². The van der Waals surface area contributed by atoms with Crippen molar-refractivity contribution >= 4 is 11.6 Å². The van der Waals surface area contributed by atoms with Crippen molar-refractivity contribution in [1.82, 2.24) is 4.90 Å². The first-order chi connectivity index (χ1) is 13.3. The number of fused-ring (bicyclic) bond motifs is 1. The van der Waals surface area contributed by atoms with E-state index in [1.54, 1.807) is 0 Å². The summed E-state index contributed by atoms with van der Waals surface area (Å²) in [4.78, 5) is 15.1. The number of likely N-dealkylation sites (tertiary alicyclic amines) is 1. The molecule has 5 rings (SSSR count). The number of para-hydroxylation sites is 1. The summed E-state index contributed by atoms with van der Waals surface area (Å²) in [5, 5.41) is 3.10. The average molecular weight is 364 g/mol. The minimum Gasteiger partial charge on any atom is -0.454 e. The Morgan fingerprint density at radius 2 is 1.93 bits per heavy atom. The van der Waals surface area contributed by atoms with Crippen LogP contribution in [0.3, 0.4) is 0 Å². The summed E-state index contributed by atoms with van der Waals surface area (Å²) in [6.45, 7) is 1.89. The number of hydrogen-bond donors (Lipinski definition) is 1. The van der Waals surface area contributed by atoms with E-state index in [1.165, 1.54) is 18.4 Å². The lowest BCUT2D eigenvalue weighted by molar-refractivity contribution is -0.120. The summed E-state index contributed by atoms with van der Waals surface area (Å²) in [6.07, 6.45) is 4.50. The second kappa shape index (κ2) is 6.89. The van der Waals surface area contributed by atoms with Crippen LogP contribution in [0.2, 0.25) is 0 Å². The highest BCUT2D eigenvalue weighted by atomic mass is 16.7. The van der Waals surface area contributed by atoms with Gasteiger partial charge in [0.05, 0.1) is 6.04 Å². The molecule has 5 nitrogen and oxygen atoms in total. The first kappa shape index (κ1) is 16.6. The van der Waals surface area contributed by atoms with E-state index in [-0.39, 0.29) is 18.7 Å². The van der Waals surface area contributed by atoms with E-state index in [9.17, 15) is 4.79 Å². The predicted molar refractivity (Wildman–Crippen MR) is 103 cm³/mol. The summed E-state index contributed by atoms with van der Waals surface area (Å²) in [6, 6.07) is 14.2. The maximum Gasteiger partial charge on any atom is 0.241 e. The number of ether oxygens (including phenoxy) is 2. The quantitative estimate of drug-likeness (QED) is 0.874. The van der Waals surface area contributed by atoms with Crippen LogP contribution in [0.15, 0.2) is 42.5 Å². The topological polar surface area (TPSA) is 50.8 Å². The van der Waals surface area contributed by atoms with Gasteiger partial charge in [-0.3, -0.25) is 9.69 Å². The van der Waals surface area contributed by atoms with Gasteiger partial charge in [-0.1, -0.05) is 24.3 Å². The molecule has 1 N–H and O–H groups in total. The van der Waals surface area contributed by atoms with Crippen LogP contribution in [0.5, 0.6) is 11.5 Å². The zero-order valence-electron chi connectivity index (χ0n) is 15.3. The van der Waals surface area contributed by atoms with Gasteiger partial charge in [0.15, 0.2) is 11.5 Å². The standard InChI is InChI=1S/C22H24N2O3/c25-22(23-18-10-8-16(9-11-18)15-6-7-15)19-4-2-12-24(19)13-17-3-1-5-20-21(17)27-14-26-20/h1,3,5,8-11,15,19H,2,4,6-7,12-14H2,(H,23,25). The van der Waals surface area contributed by atoms with E-state index in [4.69, 9.17) is 9.47 Å². The second-order valence-electron chi connectivity index (χ2n) is 7.66. The molecule has 1 saturated carbocycles. The smallest absolute Gasteiger partial charge is 0.241 e. The third kappa shape index (κ3) is 3.39. The molecule has 0 radical (unpaired) electrons. The fourth-order valence-corrected chi connectivity index (χ4v) is 4.13. The summed E-state index contributed by atoms with van der Waals surface area (Å²) in [7, 11) is 0. The molecule has 0 spiro atoms. The molecule has 0 aromatic heterocycles. The monoisotopic (exact) mass is 364 g/mol. The van der Waals surface area contributed by atoms with Crippen LogP contribution in [0, 0.1) is 0 Å². The highest BCUT2D eigenvalue weighted by Crippen LogP contribution is 2.40. The first-order valence-corrected chi connectivity index (χ1v) is 9.80. The third-order valence-corrected chi connectivity index (χ3v) is 5.74. The van der Waals surface area contributed by atoms with Gasteiger partial charge >= 0.3 is 0 Å². The highest BCUT2D eigenvalue weighted by Gasteiger charge is 2.32. The molecule has 1 unspecified atom stereocenters. The third-order valence-electron chi connectivity index (χ3n) is 5.74. The van der Waals surface area contributed by atoms with E-state index in [0.29, 0.717) is 6.54 Å². The number of rotatable bonds is 5. The lowest BCUT2D eigenvalue weighted by Gasteiger charge is -2.24. The fraction of sp³-hybridized carbons (Fsp3) is 0.409. The second-order valence-corrected chi connectivity index (χ2v) is 7.66. The zero-order valence-corrected chi connectivity index (χ0v) is 15.3. The zero-order chi connectivity index (χ0) is 18.2. The largest absolute Gasteiger partial charge is 0.454 e. The van der Waals surface area contributed by atoms with E-state index < -0.39 is 0 Å². The Bertz CT molecular complexity index is 845. The van der Waals surface area contributed by atoms with Gasteiger partial charge in [0.2, 0.25) is 12.7 Å². The van der Waals surface area contributed by atoms with Crippen LogP contribution in [0.4, 0.5) is 5.69 Å². The number of amides is 1. The Balaban J connectivity index is 1.26. The molecule has 0 bridgehead atoms. The summed E-state index contributed by atoms with van der Waals surface area (Å²) < 4.78 is 11.1. The number of benzene rings is 2. The molecule has 2 fully saturated rings. The number of nitrogens with one attached hydrogen (secondary N) is 1. The molecule has 27 heavy (non-hydrogen) atoms. The fourth-order valence-electron chi connectivity index (χ4n) is 4.13. The summed E-state index contributed by atoms with van der Waals surface area (Å²) in [5.41, 5.74) is 3.35. The number of carbonyl (C=O) groups excluding carboxylic acids is 1. The molecule has 140 valence electrons. The van der Waals surface area contributed by atoms with Crippen LogP contribution >= 0.6 is 0 Å². The molecule has 2 aromatic carbocycles. The molecule has 1 atom stereocenters. The average Bonchev–Trinajstić information content (AvgIpc) is 3.23. The van der Waals surface area contributed by atoms with E-state index >= 15 is 0 Å². The summed E-state index contributed by atoms with van der Waals surface area (Å²) >= 11 is 0. The van der Waals surface area contributed by atoms with Crippen molar-refractivity contribution in [3.63, 3.8) is 0 Å². The Hall–Kier alpha value is -2.53. The Kier molecular flexibility index (Phi) is 4.24. The van der Waals surface area contributed by atoms with Crippen molar-refractivity contribution in [2.75, 3.05) is 18.7 Å². The van der Waals surface area contributed by atoms with Crippen molar-refractivity contribution < 1.29 is 14.3 Å². The van der Waals surface area contributed by atoms with E-state index in [2.05, 4.69) is 28.4 Å². The van der Waals surface area contributed by atoms with Gasteiger partial charge in [-0.2, -0.15) is 0 Å². The van der Waals surface area contributed by atoms with Crippen LogP contribution < -0.4 is 14.8 Å². The van der Waals surface area contributed by atoms with Gasteiger partial charge in [-0.15, -0.1) is 0 Å². The SMILES string of the molecule is O=C(Nc1ccc(C2CC2)cc1)C1CCCN1Cc1cccc2c1OCO2. The Morgan fingerprint density at radius 3 is 2.74 bits per heavy atom. The van der Waals surface area contributed by atoms with Crippen molar-refractivity contribution in [3.05, 3.63) is 53.6 Å². The molecule has 1 saturated heterocycles. The maximum atomic E-state index is 12.9. The molecular formula is C22H24N2O3. The van der Waals surface area contributed by atoms with E-state index in [1.807, 2.05) is 24.3 Å². The number of anilines is 1. The molecule has 1 amide bonds. The highest BCUT2D eigenvalue weighted by molar-refractivity contribution is 5.95. The van der Waals surface area contributed by atoms with Crippen LogP contribution in [0.25, 0.3) is 0 Å². The van der Waals surface area contributed by atoms with E-state index in [0.717, 1.165) is 48.1 Å². The molecule has 2 heterocycles. The Morgan fingerprint density at radius 1 is 1.07 bits per heavy atom. The lowest BCUT2D eigenvalue weighted by Crippen LogP contribution is -2.39. The minimum atomic E-state index is -0.105. The van der Waals surface area contributed by atoms with Gasteiger partial charge in [-0.25, -0.2) is 0 Å². The van der Waals surface area contributed by atoms with Gasteiger partial charge in [0, 0.05) is 17.8 Å². The molecule has 2 aromatic rings.